The zero-order chi connectivity index (χ0) is 15.0. The molecule has 0 radical (unpaired) electrons. The van der Waals surface area contributed by atoms with E-state index in [9.17, 15) is 9.59 Å². The number of nitrogens with one attached hydrogen (secondary N) is 1. The lowest BCUT2D eigenvalue weighted by molar-refractivity contribution is -0.117. The first-order chi connectivity index (χ1) is 10.0. The summed E-state index contributed by atoms with van der Waals surface area (Å²) in [5.41, 5.74) is 14.6. The highest BCUT2D eigenvalue weighted by atomic mass is 16.2. The van der Waals surface area contributed by atoms with Crippen molar-refractivity contribution in [2.75, 3.05) is 22.5 Å². The minimum Gasteiger partial charge on any atom is -0.397 e. The molecule has 1 heterocycles. The Morgan fingerprint density at radius 2 is 2.05 bits per heavy atom. The molecule has 6 nitrogen and oxygen atoms in total. The van der Waals surface area contributed by atoms with Crippen LogP contribution >= 0.6 is 0 Å². The molecular weight excluding hydrogens is 268 g/mol. The summed E-state index contributed by atoms with van der Waals surface area (Å²) in [7, 11) is 0. The highest BCUT2D eigenvalue weighted by Crippen LogP contribution is 2.37. The van der Waals surface area contributed by atoms with Crippen LogP contribution in [0.5, 0.6) is 0 Å². The van der Waals surface area contributed by atoms with Crippen molar-refractivity contribution in [2.24, 2.45) is 5.73 Å². The zero-order valence-electron chi connectivity index (χ0n) is 11.9. The second-order valence-electron chi connectivity index (χ2n) is 5.83. The summed E-state index contributed by atoms with van der Waals surface area (Å²) < 4.78 is 0. The number of hydrogen-bond acceptors (Lipinski definition) is 4. The van der Waals surface area contributed by atoms with Gasteiger partial charge < -0.3 is 21.7 Å². The third kappa shape index (κ3) is 2.66. The van der Waals surface area contributed by atoms with Gasteiger partial charge in [-0.25, -0.2) is 0 Å². The molecular formula is C15H20N4O2. The maximum atomic E-state index is 11.5. The van der Waals surface area contributed by atoms with Gasteiger partial charge in [-0.1, -0.05) is 12.8 Å². The molecule has 0 unspecified atom stereocenters. The molecule has 21 heavy (non-hydrogen) atoms. The molecule has 2 amide bonds. The fourth-order valence-corrected chi connectivity index (χ4v) is 3.33. The molecule has 1 fully saturated rings. The standard InChI is InChI=1S/C15H20N4O2/c16-11-5-9-6-15(21)18-12(9)7-13(11)19(8-14(17)20)10-3-1-2-4-10/h5,7,10H,1-4,6,8,16H2,(H2,17,20)(H,18,21). The molecule has 1 aliphatic carbocycles. The van der Waals surface area contributed by atoms with Gasteiger partial charge in [0.1, 0.15) is 0 Å². The van der Waals surface area contributed by atoms with Gasteiger partial charge in [0.15, 0.2) is 0 Å². The van der Waals surface area contributed by atoms with Gasteiger partial charge in [0.25, 0.3) is 0 Å². The number of rotatable bonds is 4. The van der Waals surface area contributed by atoms with Crippen LogP contribution in [0.15, 0.2) is 12.1 Å². The molecule has 5 N–H and O–H groups in total. The number of nitrogens with zero attached hydrogens (tertiary/aromatic N) is 1. The van der Waals surface area contributed by atoms with Crippen LogP contribution in [0.25, 0.3) is 0 Å². The maximum Gasteiger partial charge on any atom is 0.236 e. The van der Waals surface area contributed by atoms with Crippen LogP contribution in [0.2, 0.25) is 0 Å². The third-order valence-electron chi connectivity index (χ3n) is 4.28. The summed E-state index contributed by atoms with van der Waals surface area (Å²) in [6, 6.07) is 3.98. The first kappa shape index (κ1) is 13.7. The minimum absolute atomic E-state index is 0.0242. The molecule has 1 saturated carbocycles. The van der Waals surface area contributed by atoms with Crippen molar-refractivity contribution in [1.82, 2.24) is 0 Å². The number of amides is 2. The maximum absolute atomic E-state index is 11.5. The van der Waals surface area contributed by atoms with Crippen molar-refractivity contribution in [3.8, 4) is 0 Å². The van der Waals surface area contributed by atoms with E-state index < -0.39 is 0 Å². The summed E-state index contributed by atoms with van der Waals surface area (Å²) in [5.74, 6) is -0.394. The minimum atomic E-state index is -0.370. The first-order valence-corrected chi connectivity index (χ1v) is 7.32. The molecule has 112 valence electrons. The van der Waals surface area contributed by atoms with Crippen molar-refractivity contribution in [3.05, 3.63) is 17.7 Å². The SMILES string of the molecule is NC(=O)CN(c1cc2c(cc1N)CC(=O)N2)C1CCCC1. The topological polar surface area (TPSA) is 101 Å². The normalized spacial score (nSPS) is 17.6. The highest BCUT2D eigenvalue weighted by Gasteiger charge is 2.27. The predicted octanol–water partition coefficient (Wildman–Crippen LogP) is 0.998. The lowest BCUT2D eigenvalue weighted by Gasteiger charge is -2.31. The van der Waals surface area contributed by atoms with Crippen LogP contribution in [0.1, 0.15) is 31.2 Å². The van der Waals surface area contributed by atoms with Gasteiger partial charge in [-0.3, -0.25) is 9.59 Å². The molecule has 0 spiro atoms. The highest BCUT2D eigenvalue weighted by molar-refractivity contribution is 6.01. The monoisotopic (exact) mass is 288 g/mol. The molecule has 0 atom stereocenters. The molecule has 3 rings (SSSR count). The van der Waals surface area contributed by atoms with E-state index in [1.165, 1.54) is 0 Å². The van der Waals surface area contributed by atoms with Gasteiger partial charge in [-0.2, -0.15) is 0 Å². The average Bonchev–Trinajstić information content (AvgIpc) is 3.03. The second kappa shape index (κ2) is 5.27. The number of carbonyl (C=O) groups excluding carboxylic acids is 2. The summed E-state index contributed by atoms with van der Waals surface area (Å²) >= 11 is 0. The summed E-state index contributed by atoms with van der Waals surface area (Å²) in [6.07, 6.45) is 4.74. The van der Waals surface area contributed by atoms with Crippen LogP contribution in [-0.2, 0) is 16.0 Å². The molecule has 0 saturated heterocycles. The van der Waals surface area contributed by atoms with Crippen LogP contribution in [-0.4, -0.2) is 24.4 Å². The molecule has 0 bridgehead atoms. The Morgan fingerprint density at radius 3 is 2.71 bits per heavy atom. The van der Waals surface area contributed by atoms with E-state index in [1.54, 1.807) is 0 Å². The van der Waals surface area contributed by atoms with E-state index >= 15 is 0 Å². The molecule has 6 heteroatoms. The Hall–Kier alpha value is -2.24. The number of fused-ring (bicyclic) bond motifs is 1. The molecule has 2 aliphatic rings. The fourth-order valence-electron chi connectivity index (χ4n) is 3.33. The zero-order valence-corrected chi connectivity index (χ0v) is 11.9. The number of nitrogen functional groups attached to an aromatic ring is 1. The van der Waals surface area contributed by atoms with Gasteiger partial charge >= 0.3 is 0 Å². The van der Waals surface area contributed by atoms with Crippen molar-refractivity contribution >= 4 is 28.9 Å². The first-order valence-electron chi connectivity index (χ1n) is 7.32. The predicted molar refractivity (Wildman–Crippen MR) is 82.0 cm³/mol. The average molecular weight is 288 g/mol. The van der Waals surface area contributed by atoms with Gasteiger partial charge in [0, 0.05) is 11.7 Å². The number of carbonyl (C=O) groups is 2. The molecule has 0 aromatic heterocycles. The number of anilines is 3. The van der Waals surface area contributed by atoms with E-state index in [0.717, 1.165) is 42.6 Å². The Balaban J connectivity index is 1.97. The van der Waals surface area contributed by atoms with Crippen molar-refractivity contribution in [2.45, 2.75) is 38.1 Å². The smallest absolute Gasteiger partial charge is 0.236 e. The quantitative estimate of drug-likeness (QED) is 0.719. The lowest BCUT2D eigenvalue weighted by atomic mass is 10.1. The van der Waals surface area contributed by atoms with E-state index in [-0.39, 0.29) is 24.4 Å². The van der Waals surface area contributed by atoms with Crippen LogP contribution in [0.3, 0.4) is 0 Å². The van der Waals surface area contributed by atoms with E-state index in [4.69, 9.17) is 11.5 Å². The fraction of sp³-hybridized carbons (Fsp3) is 0.467. The Labute approximate surface area is 123 Å². The van der Waals surface area contributed by atoms with E-state index in [0.29, 0.717) is 12.1 Å². The third-order valence-corrected chi connectivity index (χ3v) is 4.28. The van der Waals surface area contributed by atoms with Gasteiger partial charge in [0.2, 0.25) is 11.8 Å². The van der Waals surface area contributed by atoms with E-state index in [1.807, 2.05) is 17.0 Å². The van der Waals surface area contributed by atoms with Gasteiger partial charge in [0.05, 0.1) is 24.3 Å². The van der Waals surface area contributed by atoms with E-state index in [2.05, 4.69) is 5.32 Å². The van der Waals surface area contributed by atoms with Crippen LogP contribution in [0.4, 0.5) is 17.1 Å². The molecule has 1 aromatic carbocycles. The number of benzene rings is 1. The largest absolute Gasteiger partial charge is 0.397 e. The Kier molecular flexibility index (Phi) is 3.45. The summed E-state index contributed by atoms with van der Waals surface area (Å²) in [5, 5.41) is 2.83. The molecule has 1 aromatic rings. The number of primary amides is 1. The number of hydrogen-bond donors (Lipinski definition) is 3. The Bertz CT molecular complexity index is 594. The lowest BCUT2D eigenvalue weighted by Crippen LogP contribution is -2.40. The summed E-state index contributed by atoms with van der Waals surface area (Å²) in [4.78, 5) is 24.9. The van der Waals surface area contributed by atoms with Crippen molar-refractivity contribution in [3.63, 3.8) is 0 Å². The second-order valence-corrected chi connectivity index (χ2v) is 5.83. The van der Waals surface area contributed by atoms with Crippen LogP contribution < -0.4 is 21.7 Å². The Morgan fingerprint density at radius 1 is 1.33 bits per heavy atom. The van der Waals surface area contributed by atoms with Crippen LogP contribution in [0, 0.1) is 0 Å². The summed E-state index contributed by atoms with van der Waals surface area (Å²) in [6.45, 7) is 0.154. The van der Waals surface area contributed by atoms with Crippen molar-refractivity contribution < 1.29 is 9.59 Å². The molecule has 1 aliphatic heterocycles. The van der Waals surface area contributed by atoms with Gasteiger partial charge in [-0.05, 0) is 30.5 Å². The van der Waals surface area contributed by atoms with Gasteiger partial charge in [-0.15, -0.1) is 0 Å². The van der Waals surface area contributed by atoms with Crippen molar-refractivity contribution in [1.29, 1.82) is 0 Å². The number of nitrogens with two attached hydrogens (primary N) is 2.